The van der Waals surface area contributed by atoms with Gasteiger partial charge in [0.1, 0.15) is 0 Å². The number of nitrogens with zero attached hydrogens (tertiary/aromatic N) is 1. The molecule has 0 aliphatic heterocycles. The predicted octanol–water partition coefficient (Wildman–Crippen LogP) is 1.37. The second-order valence-electron chi connectivity index (χ2n) is 2.70. The maximum atomic E-state index is 10.5. The molecule has 15 heavy (non-hydrogen) atoms. The number of rotatable bonds is 3. The largest absolute Gasteiger partial charge is 0.479 e. The lowest BCUT2D eigenvalue weighted by Crippen LogP contribution is -2.12. The molecule has 80 valence electrons. The highest BCUT2D eigenvalue weighted by Crippen LogP contribution is 2.28. The lowest BCUT2D eigenvalue weighted by Gasteiger charge is -2.06. The summed E-state index contributed by atoms with van der Waals surface area (Å²) in [5.41, 5.74) is -0.811. The van der Waals surface area contributed by atoms with Crippen molar-refractivity contribution in [3.05, 3.63) is 38.9 Å². The highest BCUT2D eigenvalue weighted by atomic mass is 35.5. The first-order chi connectivity index (χ1) is 6.93. The van der Waals surface area contributed by atoms with Gasteiger partial charge in [-0.2, -0.15) is 0 Å². The summed E-state index contributed by atoms with van der Waals surface area (Å²) in [6.45, 7) is 0. The van der Waals surface area contributed by atoms with E-state index in [0.717, 1.165) is 12.1 Å². The van der Waals surface area contributed by atoms with E-state index in [0.29, 0.717) is 0 Å². The minimum absolute atomic E-state index is 0.100. The maximum Gasteiger partial charge on any atom is 0.337 e. The van der Waals surface area contributed by atoms with E-state index >= 15 is 0 Å². The zero-order valence-electron chi connectivity index (χ0n) is 7.25. The van der Waals surface area contributed by atoms with Crippen LogP contribution in [0.5, 0.6) is 0 Å². The molecule has 0 bridgehead atoms. The Labute approximate surface area is 88.9 Å². The van der Waals surface area contributed by atoms with Gasteiger partial charge in [-0.1, -0.05) is 11.6 Å². The number of benzene rings is 1. The Morgan fingerprint density at radius 3 is 2.60 bits per heavy atom. The first-order valence-electron chi connectivity index (χ1n) is 3.78. The Hall–Kier alpha value is -1.66. The molecule has 7 heteroatoms. The number of carboxylic acid groups (broad SMARTS) is 1. The molecule has 0 unspecified atom stereocenters. The fourth-order valence-corrected chi connectivity index (χ4v) is 1.21. The topological polar surface area (TPSA) is 101 Å². The lowest BCUT2D eigenvalue weighted by molar-refractivity contribution is -0.386. The van der Waals surface area contributed by atoms with E-state index in [1.165, 1.54) is 6.07 Å². The molecule has 0 fully saturated rings. The van der Waals surface area contributed by atoms with Crippen LogP contribution in [0.4, 0.5) is 5.69 Å². The minimum atomic E-state index is -1.93. The number of nitro groups is 1. The van der Waals surface area contributed by atoms with Crippen molar-refractivity contribution in [2.24, 2.45) is 0 Å². The van der Waals surface area contributed by atoms with Gasteiger partial charge in [-0.05, 0) is 12.1 Å². The number of hydrogen-bond acceptors (Lipinski definition) is 4. The fourth-order valence-electron chi connectivity index (χ4n) is 1.04. The average molecular weight is 232 g/mol. The fraction of sp³-hybridized carbons (Fsp3) is 0.125. The van der Waals surface area contributed by atoms with Crippen LogP contribution in [0.3, 0.4) is 0 Å². The molecule has 0 spiro atoms. The van der Waals surface area contributed by atoms with Crippen LogP contribution in [0, 0.1) is 10.1 Å². The van der Waals surface area contributed by atoms with Gasteiger partial charge in [0.2, 0.25) is 0 Å². The van der Waals surface area contributed by atoms with E-state index in [1.54, 1.807) is 0 Å². The van der Waals surface area contributed by atoms with Gasteiger partial charge in [0.05, 0.1) is 10.5 Å². The van der Waals surface area contributed by atoms with E-state index in [-0.39, 0.29) is 10.6 Å². The number of nitro benzene ring substituents is 1. The van der Waals surface area contributed by atoms with Gasteiger partial charge in [0.15, 0.2) is 6.10 Å². The Morgan fingerprint density at radius 2 is 2.13 bits per heavy atom. The van der Waals surface area contributed by atoms with E-state index < -0.39 is 22.7 Å². The zero-order valence-corrected chi connectivity index (χ0v) is 8.01. The van der Waals surface area contributed by atoms with Crippen molar-refractivity contribution in [2.75, 3.05) is 0 Å². The molecule has 1 aromatic carbocycles. The molecule has 0 saturated carbocycles. The van der Waals surface area contributed by atoms with E-state index in [1.807, 2.05) is 0 Å². The number of carboxylic acids is 1. The van der Waals surface area contributed by atoms with Crippen LogP contribution in [0.1, 0.15) is 11.7 Å². The van der Waals surface area contributed by atoms with Gasteiger partial charge in [-0.15, -0.1) is 0 Å². The normalized spacial score (nSPS) is 12.1. The van der Waals surface area contributed by atoms with E-state index in [4.69, 9.17) is 16.7 Å². The summed E-state index contributed by atoms with van der Waals surface area (Å²) in [4.78, 5) is 20.2. The van der Waals surface area contributed by atoms with Crippen molar-refractivity contribution >= 4 is 23.3 Å². The number of aliphatic hydroxyl groups is 1. The Balaban J connectivity index is 3.28. The molecule has 0 radical (unpaired) electrons. The summed E-state index contributed by atoms with van der Waals surface area (Å²) >= 11 is 5.51. The van der Waals surface area contributed by atoms with Gasteiger partial charge in [0, 0.05) is 11.1 Å². The molecule has 0 aliphatic rings. The molecule has 1 aromatic rings. The van der Waals surface area contributed by atoms with Gasteiger partial charge >= 0.3 is 5.97 Å². The molecule has 6 nitrogen and oxygen atoms in total. The molecule has 0 aromatic heterocycles. The smallest absolute Gasteiger partial charge is 0.337 e. The number of carbonyl (C=O) groups is 1. The second kappa shape index (κ2) is 4.24. The first-order valence-corrected chi connectivity index (χ1v) is 4.16. The van der Waals surface area contributed by atoms with Crippen molar-refractivity contribution in [3.63, 3.8) is 0 Å². The zero-order chi connectivity index (χ0) is 11.6. The van der Waals surface area contributed by atoms with Crippen molar-refractivity contribution in [2.45, 2.75) is 6.10 Å². The molecular weight excluding hydrogens is 226 g/mol. The second-order valence-corrected chi connectivity index (χ2v) is 3.14. The summed E-state index contributed by atoms with van der Waals surface area (Å²) in [6.07, 6.45) is -1.93. The van der Waals surface area contributed by atoms with Crippen LogP contribution in [-0.2, 0) is 4.79 Å². The van der Waals surface area contributed by atoms with Crippen molar-refractivity contribution in [1.82, 2.24) is 0 Å². The monoisotopic (exact) mass is 231 g/mol. The summed E-state index contributed by atoms with van der Waals surface area (Å²) in [5, 5.41) is 28.3. The van der Waals surface area contributed by atoms with E-state index in [9.17, 15) is 20.0 Å². The van der Waals surface area contributed by atoms with Crippen LogP contribution < -0.4 is 0 Å². The van der Waals surface area contributed by atoms with E-state index in [2.05, 4.69) is 0 Å². The van der Waals surface area contributed by atoms with Gasteiger partial charge in [-0.3, -0.25) is 10.1 Å². The highest BCUT2D eigenvalue weighted by Gasteiger charge is 2.25. The van der Waals surface area contributed by atoms with Gasteiger partial charge in [-0.25, -0.2) is 4.79 Å². The first kappa shape index (κ1) is 11.4. The van der Waals surface area contributed by atoms with Crippen molar-refractivity contribution in [3.8, 4) is 0 Å². The standard InChI is InChI=1S/C8H6ClNO5/c9-4-1-2-5(7(11)8(12)13)6(3-4)10(14)15/h1-3,7,11H,(H,12,13)/t7-/m0/s1. The van der Waals surface area contributed by atoms with Crippen LogP contribution >= 0.6 is 11.6 Å². The third-order valence-corrected chi connectivity index (χ3v) is 1.95. The number of halogens is 1. The average Bonchev–Trinajstić information content (AvgIpc) is 2.16. The Bertz CT molecular complexity index is 419. The van der Waals surface area contributed by atoms with Crippen LogP contribution in [-0.4, -0.2) is 21.1 Å². The molecule has 0 heterocycles. The lowest BCUT2D eigenvalue weighted by atomic mass is 10.1. The third-order valence-electron chi connectivity index (χ3n) is 1.72. The summed E-state index contributed by atoms with van der Waals surface area (Å²) < 4.78 is 0. The minimum Gasteiger partial charge on any atom is -0.479 e. The van der Waals surface area contributed by atoms with Crippen LogP contribution in [0.25, 0.3) is 0 Å². The van der Waals surface area contributed by atoms with Crippen molar-refractivity contribution < 1.29 is 19.9 Å². The van der Waals surface area contributed by atoms with Gasteiger partial charge in [0.25, 0.3) is 5.69 Å². The SMILES string of the molecule is O=C(O)[C@@H](O)c1ccc(Cl)cc1[N+](=O)[O-]. The molecule has 1 rings (SSSR count). The van der Waals surface area contributed by atoms with Crippen LogP contribution in [0.2, 0.25) is 5.02 Å². The summed E-state index contributed by atoms with van der Waals surface area (Å²) in [7, 11) is 0. The molecule has 0 amide bonds. The molecular formula is C8H6ClNO5. The van der Waals surface area contributed by atoms with Crippen LogP contribution in [0.15, 0.2) is 18.2 Å². The van der Waals surface area contributed by atoms with Gasteiger partial charge < -0.3 is 10.2 Å². The third kappa shape index (κ3) is 2.42. The maximum absolute atomic E-state index is 10.5. The molecule has 2 N–H and O–H groups in total. The number of aliphatic carboxylic acids is 1. The Morgan fingerprint density at radius 1 is 1.53 bits per heavy atom. The number of aliphatic hydroxyl groups excluding tert-OH is 1. The predicted molar refractivity (Wildman–Crippen MR) is 50.7 cm³/mol. The quantitative estimate of drug-likeness (QED) is 0.604. The molecule has 0 aliphatic carbocycles. The Kier molecular flexibility index (Phi) is 3.23. The molecule has 0 saturated heterocycles. The highest BCUT2D eigenvalue weighted by molar-refractivity contribution is 6.30. The number of hydrogen-bond donors (Lipinski definition) is 2. The summed E-state index contributed by atoms with van der Waals surface area (Å²) in [5.74, 6) is -1.56. The molecule has 1 atom stereocenters. The summed E-state index contributed by atoms with van der Waals surface area (Å²) in [6, 6.07) is 3.37. The van der Waals surface area contributed by atoms with Crippen molar-refractivity contribution in [1.29, 1.82) is 0 Å².